The minimum absolute atomic E-state index is 0.0181. The summed E-state index contributed by atoms with van der Waals surface area (Å²) in [5.41, 5.74) is 5.52. The summed E-state index contributed by atoms with van der Waals surface area (Å²) < 4.78 is 4.61. The molecule has 0 heterocycles. The van der Waals surface area contributed by atoms with Gasteiger partial charge in [0.2, 0.25) is 0 Å². The van der Waals surface area contributed by atoms with Gasteiger partial charge in [-0.2, -0.15) is 0 Å². The van der Waals surface area contributed by atoms with Crippen molar-refractivity contribution in [2.24, 2.45) is 5.73 Å². The van der Waals surface area contributed by atoms with Gasteiger partial charge in [-0.1, -0.05) is 6.07 Å². The minimum atomic E-state index is -0.724. The molecule has 0 aromatic heterocycles. The van der Waals surface area contributed by atoms with Crippen LogP contribution < -0.4 is 5.73 Å². The van der Waals surface area contributed by atoms with E-state index in [-0.39, 0.29) is 11.3 Å². The Balaban J connectivity index is 2.65. The molecule has 0 aliphatic heterocycles. The van der Waals surface area contributed by atoms with E-state index in [2.05, 4.69) is 4.74 Å². The highest BCUT2D eigenvalue weighted by molar-refractivity contribution is 6.02. The maximum absolute atomic E-state index is 11.4. The number of nitrogens with two attached hydrogens (primary N) is 1. The SMILES string of the molecule is COC(=O)c1ccc2cc(O)c(C(N)=O)cc2c1. The van der Waals surface area contributed by atoms with Gasteiger partial charge in [0.05, 0.1) is 18.2 Å². The number of esters is 1. The number of hydrogen-bond acceptors (Lipinski definition) is 4. The summed E-state index contributed by atoms with van der Waals surface area (Å²) in [6.45, 7) is 0. The molecule has 0 bridgehead atoms. The molecule has 0 aliphatic rings. The molecular formula is C13H11NO4. The Hall–Kier alpha value is -2.56. The van der Waals surface area contributed by atoms with Gasteiger partial charge in [-0.25, -0.2) is 4.79 Å². The maximum atomic E-state index is 11.4. The van der Waals surface area contributed by atoms with Crippen molar-refractivity contribution in [3.63, 3.8) is 0 Å². The van der Waals surface area contributed by atoms with Gasteiger partial charge in [0.15, 0.2) is 0 Å². The van der Waals surface area contributed by atoms with Crippen molar-refractivity contribution < 1.29 is 19.4 Å². The lowest BCUT2D eigenvalue weighted by Crippen LogP contribution is -2.11. The number of aromatic hydroxyl groups is 1. The number of ether oxygens (including phenoxy) is 1. The quantitative estimate of drug-likeness (QED) is 0.783. The maximum Gasteiger partial charge on any atom is 0.337 e. The van der Waals surface area contributed by atoms with Crippen LogP contribution in [-0.2, 0) is 4.74 Å². The van der Waals surface area contributed by atoms with Gasteiger partial charge in [0, 0.05) is 0 Å². The second-order valence-corrected chi connectivity index (χ2v) is 3.79. The first-order chi connectivity index (χ1) is 8.52. The predicted octanol–water partition coefficient (Wildman–Crippen LogP) is 1.43. The van der Waals surface area contributed by atoms with E-state index in [0.29, 0.717) is 16.3 Å². The van der Waals surface area contributed by atoms with E-state index < -0.39 is 11.9 Å². The zero-order valence-corrected chi connectivity index (χ0v) is 9.64. The predicted molar refractivity (Wildman–Crippen MR) is 65.5 cm³/mol. The Labute approximate surface area is 103 Å². The van der Waals surface area contributed by atoms with Crippen molar-refractivity contribution >= 4 is 22.6 Å². The van der Waals surface area contributed by atoms with Crippen LogP contribution in [0.3, 0.4) is 0 Å². The van der Waals surface area contributed by atoms with E-state index in [9.17, 15) is 14.7 Å². The molecule has 3 N–H and O–H groups in total. The van der Waals surface area contributed by atoms with Crippen LogP contribution in [0.2, 0.25) is 0 Å². The van der Waals surface area contributed by atoms with Crippen molar-refractivity contribution in [1.82, 2.24) is 0 Å². The zero-order chi connectivity index (χ0) is 13.3. The lowest BCUT2D eigenvalue weighted by atomic mass is 10.0. The fraction of sp³-hybridized carbons (Fsp3) is 0.0769. The minimum Gasteiger partial charge on any atom is -0.507 e. The molecule has 2 aromatic rings. The van der Waals surface area contributed by atoms with Crippen LogP contribution in [0.25, 0.3) is 10.8 Å². The van der Waals surface area contributed by atoms with E-state index >= 15 is 0 Å². The normalized spacial score (nSPS) is 10.3. The lowest BCUT2D eigenvalue weighted by molar-refractivity contribution is 0.0601. The molecule has 0 atom stereocenters. The highest BCUT2D eigenvalue weighted by Crippen LogP contribution is 2.25. The molecule has 5 nitrogen and oxygen atoms in total. The average molecular weight is 245 g/mol. The smallest absolute Gasteiger partial charge is 0.337 e. The Kier molecular flexibility index (Phi) is 2.89. The Morgan fingerprint density at radius 3 is 2.50 bits per heavy atom. The number of carbonyl (C=O) groups is 2. The summed E-state index contributed by atoms with van der Waals surface area (Å²) in [4.78, 5) is 22.5. The fourth-order valence-corrected chi connectivity index (χ4v) is 1.73. The summed E-state index contributed by atoms with van der Waals surface area (Å²) in [6, 6.07) is 7.69. The van der Waals surface area contributed by atoms with Gasteiger partial charge in [-0.3, -0.25) is 4.79 Å². The third-order valence-corrected chi connectivity index (χ3v) is 2.64. The summed E-state index contributed by atoms with van der Waals surface area (Å²) >= 11 is 0. The summed E-state index contributed by atoms with van der Waals surface area (Å²) in [6.07, 6.45) is 0. The second-order valence-electron chi connectivity index (χ2n) is 3.79. The molecule has 0 saturated heterocycles. The number of amides is 1. The van der Waals surface area contributed by atoms with Crippen LogP contribution in [0, 0.1) is 0 Å². The summed E-state index contributed by atoms with van der Waals surface area (Å²) in [7, 11) is 1.29. The molecule has 1 amide bonds. The number of hydrogen-bond donors (Lipinski definition) is 2. The van der Waals surface area contributed by atoms with Crippen molar-refractivity contribution in [3.05, 3.63) is 41.5 Å². The third kappa shape index (κ3) is 1.98. The van der Waals surface area contributed by atoms with Crippen LogP contribution in [0.4, 0.5) is 0 Å². The van der Waals surface area contributed by atoms with Gasteiger partial charge < -0.3 is 15.6 Å². The first-order valence-corrected chi connectivity index (χ1v) is 5.18. The molecular weight excluding hydrogens is 234 g/mol. The second kappa shape index (κ2) is 4.37. The van der Waals surface area contributed by atoms with Gasteiger partial charge in [-0.05, 0) is 35.0 Å². The van der Waals surface area contributed by atoms with Crippen LogP contribution in [0.1, 0.15) is 20.7 Å². The topological polar surface area (TPSA) is 89.6 Å². The largest absolute Gasteiger partial charge is 0.507 e. The molecule has 0 radical (unpaired) electrons. The molecule has 92 valence electrons. The van der Waals surface area contributed by atoms with E-state index in [4.69, 9.17) is 5.73 Å². The molecule has 2 rings (SSSR count). The number of carbonyl (C=O) groups excluding carboxylic acids is 2. The molecule has 0 aliphatic carbocycles. The van der Waals surface area contributed by atoms with Crippen molar-refractivity contribution in [2.75, 3.05) is 7.11 Å². The molecule has 5 heteroatoms. The van der Waals surface area contributed by atoms with E-state index in [0.717, 1.165) is 0 Å². The fourth-order valence-electron chi connectivity index (χ4n) is 1.73. The van der Waals surface area contributed by atoms with Crippen LogP contribution in [0.15, 0.2) is 30.3 Å². The van der Waals surface area contributed by atoms with E-state index in [1.165, 1.54) is 19.2 Å². The van der Waals surface area contributed by atoms with E-state index in [1.807, 2.05) is 0 Å². The number of methoxy groups -OCH3 is 1. The van der Waals surface area contributed by atoms with Crippen molar-refractivity contribution in [3.8, 4) is 5.75 Å². The first kappa shape index (κ1) is 11.9. The number of benzene rings is 2. The number of phenols is 1. The summed E-state index contributed by atoms with van der Waals surface area (Å²) in [5, 5.41) is 10.9. The average Bonchev–Trinajstić information content (AvgIpc) is 2.36. The number of primary amides is 1. The lowest BCUT2D eigenvalue weighted by Gasteiger charge is -2.05. The van der Waals surface area contributed by atoms with Gasteiger partial charge in [0.25, 0.3) is 5.91 Å². The summed E-state index contributed by atoms with van der Waals surface area (Å²) in [5.74, 6) is -1.37. The standard InChI is InChI=1S/C13H11NO4/c1-18-13(17)8-3-2-7-6-11(15)10(12(14)16)5-9(7)4-8/h2-6,15H,1H3,(H2,14,16). The van der Waals surface area contributed by atoms with Crippen molar-refractivity contribution in [1.29, 1.82) is 0 Å². The number of fused-ring (bicyclic) bond motifs is 1. The van der Waals surface area contributed by atoms with Gasteiger partial charge in [-0.15, -0.1) is 0 Å². The molecule has 0 unspecified atom stereocenters. The van der Waals surface area contributed by atoms with Gasteiger partial charge in [0.1, 0.15) is 5.75 Å². The molecule has 0 fully saturated rings. The first-order valence-electron chi connectivity index (χ1n) is 5.18. The number of rotatable bonds is 2. The highest BCUT2D eigenvalue weighted by atomic mass is 16.5. The molecule has 0 spiro atoms. The van der Waals surface area contributed by atoms with Crippen molar-refractivity contribution in [2.45, 2.75) is 0 Å². The zero-order valence-electron chi connectivity index (χ0n) is 9.64. The third-order valence-electron chi connectivity index (χ3n) is 2.64. The monoisotopic (exact) mass is 245 g/mol. The van der Waals surface area contributed by atoms with Gasteiger partial charge >= 0.3 is 5.97 Å². The molecule has 18 heavy (non-hydrogen) atoms. The Bertz CT molecular complexity index is 649. The molecule has 2 aromatic carbocycles. The van der Waals surface area contributed by atoms with Crippen LogP contribution >= 0.6 is 0 Å². The Morgan fingerprint density at radius 1 is 1.17 bits per heavy atom. The van der Waals surface area contributed by atoms with Crippen LogP contribution in [0.5, 0.6) is 5.75 Å². The Morgan fingerprint density at radius 2 is 1.89 bits per heavy atom. The van der Waals surface area contributed by atoms with E-state index in [1.54, 1.807) is 18.2 Å². The van der Waals surface area contributed by atoms with Crippen LogP contribution in [-0.4, -0.2) is 24.1 Å². The molecule has 0 saturated carbocycles. The highest BCUT2D eigenvalue weighted by Gasteiger charge is 2.11.